The van der Waals surface area contributed by atoms with Gasteiger partial charge in [0.1, 0.15) is 28.9 Å². The van der Waals surface area contributed by atoms with Gasteiger partial charge in [-0.15, -0.1) is 0 Å². The maximum atomic E-state index is 14.8. The number of anilines is 2. The van der Waals surface area contributed by atoms with Crippen molar-refractivity contribution in [3.63, 3.8) is 0 Å². The van der Waals surface area contributed by atoms with Gasteiger partial charge in [-0.1, -0.05) is 11.6 Å². The van der Waals surface area contributed by atoms with Gasteiger partial charge in [-0.05, 0) is 24.3 Å². The van der Waals surface area contributed by atoms with Crippen LogP contribution >= 0.6 is 11.6 Å². The second-order valence-corrected chi connectivity index (χ2v) is 7.78. The lowest BCUT2D eigenvalue weighted by molar-refractivity contribution is -0.0500. The molecule has 0 unspecified atom stereocenters. The number of nitrogens with one attached hydrogen (secondary N) is 1. The van der Waals surface area contributed by atoms with Crippen LogP contribution in [0.3, 0.4) is 0 Å². The maximum Gasteiger partial charge on any atom is 0.387 e. The number of halogens is 4. The van der Waals surface area contributed by atoms with Gasteiger partial charge in [-0.25, -0.2) is 24.0 Å². The molecule has 0 saturated heterocycles. The molecule has 0 aliphatic heterocycles. The summed E-state index contributed by atoms with van der Waals surface area (Å²) < 4.78 is 51.0. The summed E-state index contributed by atoms with van der Waals surface area (Å²) in [5.74, 6) is 0.774. The molecule has 14 heteroatoms. The molecule has 4 rings (SSSR count). The van der Waals surface area contributed by atoms with E-state index in [0.29, 0.717) is 28.3 Å². The average molecular weight is 521 g/mol. The first kappa shape index (κ1) is 25.0. The van der Waals surface area contributed by atoms with Gasteiger partial charge in [-0.2, -0.15) is 13.9 Å². The van der Waals surface area contributed by atoms with Crippen LogP contribution in [0.15, 0.2) is 49.1 Å². The van der Waals surface area contributed by atoms with Gasteiger partial charge in [-0.3, -0.25) is 4.98 Å². The number of hydrogen-bond acceptors (Lipinski definition) is 9. The number of nitrogens with two attached hydrogens (primary N) is 1. The van der Waals surface area contributed by atoms with E-state index in [0.717, 1.165) is 6.20 Å². The predicted octanol–water partition coefficient (Wildman–Crippen LogP) is 4.00. The smallest absolute Gasteiger partial charge is 0.387 e. The van der Waals surface area contributed by atoms with Crippen molar-refractivity contribution in [2.45, 2.75) is 12.8 Å². The summed E-state index contributed by atoms with van der Waals surface area (Å²) in [5.41, 5.74) is 7.53. The lowest BCUT2D eigenvalue weighted by Crippen LogP contribution is -2.23. The predicted molar refractivity (Wildman–Crippen MR) is 127 cm³/mol. The summed E-state index contributed by atoms with van der Waals surface area (Å²) in [6.07, 6.45) is 4.16. The van der Waals surface area contributed by atoms with Crippen molar-refractivity contribution in [2.24, 2.45) is 7.05 Å². The molecular formula is C22H20ClF3N8O2. The molecule has 0 radical (unpaired) electrons. The Morgan fingerprint density at radius 1 is 1.08 bits per heavy atom. The number of nitrogen functional groups attached to an aromatic ring is 1. The number of aromatic nitrogens is 6. The largest absolute Gasteiger partial charge is 0.474 e. The maximum absolute atomic E-state index is 14.8. The number of pyridine rings is 2. The van der Waals surface area contributed by atoms with Crippen LogP contribution in [0, 0.1) is 0 Å². The van der Waals surface area contributed by atoms with E-state index in [1.54, 1.807) is 13.1 Å². The summed E-state index contributed by atoms with van der Waals surface area (Å²) in [6, 6.07) is 5.87. The normalized spacial score (nSPS) is 11.9. The van der Waals surface area contributed by atoms with Crippen LogP contribution < -0.4 is 20.5 Å². The van der Waals surface area contributed by atoms with Gasteiger partial charge < -0.3 is 20.5 Å². The minimum atomic E-state index is -2.96. The molecule has 0 bridgehead atoms. The highest BCUT2D eigenvalue weighted by molar-refractivity contribution is 6.29. The standard InChI is InChI=1S/C22H20ClF3N8O2/c1-34-21(15(10-32-34)20-28-5-4-19(27)33-20)35-11-12(24)7-29-17-6-18(23)31-9-14(17)16-3-2-13(8-30-16)36-22(25)26/h2-6,8-10,12,22H,7,11H2,1H3,(H,29,31)(H2,27,28,33)/t12-/m0/s1. The van der Waals surface area contributed by atoms with Crippen molar-refractivity contribution in [1.82, 2.24) is 29.7 Å². The zero-order chi connectivity index (χ0) is 25.7. The SMILES string of the molecule is Cn1ncc(-c2nccc(N)n2)c1OC[C@@H](F)CNc1cc(Cl)ncc1-c1ccc(OC(F)F)cn1. The molecule has 4 heterocycles. The van der Waals surface area contributed by atoms with Crippen LogP contribution in [0.4, 0.5) is 24.7 Å². The number of alkyl halides is 3. The van der Waals surface area contributed by atoms with E-state index in [1.165, 1.54) is 41.5 Å². The van der Waals surface area contributed by atoms with E-state index in [-0.39, 0.29) is 35.8 Å². The van der Waals surface area contributed by atoms with Crippen LogP contribution in [0.25, 0.3) is 22.6 Å². The fraction of sp³-hybridized carbons (Fsp3) is 0.227. The number of ether oxygens (including phenoxy) is 2. The monoisotopic (exact) mass is 520 g/mol. The fourth-order valence-electron chi connectivity index (χ4n) is 3.19. The fourth-order valence-corrected chi connectivity index (χ4v) is 3.35. The molecule has 0 amide bonds. The van der Waals surface area contributed by atoms with Gasteiger partial charge in [0.05, 0.1) is 18.1 Å². The van der Waals surface area contributed by atoms with Crippen LogP contribution in [-0.4, -0.2) is 55.7 Å². The van der Waals surface area contributed by atoms with Crippen molar-refractivity contribution >= 4 is 23.1 Å². The Bertz CT molecular complexity index is 1320. The highest BCUT2D eigenvalue weighted by atomic mass is 35.5. The zero-order valence-corrected chi connectivity index (χ0v) is 19.5. The summed E-state index contributed by atoms with van der Waals surface area (Å²) in [6.45, 7) is -3.40. The molecule has 3 N–H and O–H groups in total. The van der Waals surface area contributed by atoms with Crippen LogP contribution in [-0.2, 0) is 7.05 Å². The molecule has 4 aromatic heterocycles. The molecule has 0 aliphatic rings. The first-order chi connectivity index (χ1) is 17.3. The van der Waals surface area contributed by atoms with E-state index in [9.17, 15) is 13.2 Å². The number of hydrogen-bond donors (Lipinski definition) is 2. The molecule has 4 aromatic rings. The van der Waals surface area contributed by atoms with E-state index in [1.807, 2.05) is 0 Å². The van der Waals surface area contributed by atoms with Crippen molar-refractivity contribution < 1.29 is 22.6 Å². The quantitative estimate of drug-likeness (QED) is 0.298. The lowest BCUT2D eigenvalue weighted by atomic mass is 10.1. The van der Waals surface area contributed by atoms with Gasteiger partial charge in [0, 0.05) is 37.2 Å². The second-order valence-electron chi connectivity index (χ2n) is 7.39. The van der Waals surface area contributed by atoms with Gasteiger partial charge in [0.2, 0.25) is 5.88 Å². The van der Waals surface area contributed by atoms with Gasteiger partial charge in [0.25, 0.3) is 0 Å². The van der Waals surface area contributed by atoms with Crippen LogP contribution in [0.2, 0.25) is 5.15 Å². The zero-order valence-electron chi connectivity index (χ0n) is 18.8. The average Bonchev–Trinajstić information content (AvgIpc) is 3.22. The van der Waals surface area contributed by atoms with E-state index in [2.05, 4.69) is 35.1 Å². The highest BCUT2D eigenvalue weighted by Crippen LogP contribution is 2.30. The Morgan fingerprint density at radius 2 is 1.92 bits per heavy atom. The summed E-state index contributed by atoms with van der Waals surface area (Å²) >= 11 is 6.01. The minimum Gasteiger partial charge on any atom is -0.474 e. The van der Waals surface area contributed by atoms with Gasteiger partial charge >= 0.3 is 6.61 Å². The summed E-state index contributed by atoms with van der Waals surface area (Å²) in [4.78, 5) is 16.4. The van der Waals surface area contributed by atoms with E-state index < -0.39 is 12.8 Å². The third-order valence-corrected chi connectivity index (χ3v) is 5.03. The molecule has 0 aromatic carbocycles. The first-order valence-corrected chi connectivity index (χ1v) is 10.9. The third kappa shape index (κ3) is 6.10. The van der Waals surface area contributed by atoms with Crippen molar-refractivity contribution in [3.05, 3.63) is 54.2 Å². The van der Waals surface area contributed by atoms with Crippen LogP contribution in [0.1, 0.15) is 0 Å². The Labute approximate surface area is 208 Å². The summed E-state index contributed by atoms with van der Waals surface area (Å²) in [7, 11) is 1.65. The molecule has 1 atom stereocenters. The molecule has 188 valence electrons. The van der Waals surface area contributed by atoms with Gasteiger partial charge in [0.15, 0.2) is 12.0 Å². The Hall–Kier alpha value is -4.13. The second kappa shape index (κ2) is 11.1. The molecular weight excluding hydrogens is 501 g/mol. The number of nitrogens with zero attached hydrogens (tertiary/aromatic N) is 6. The molecule has 0 fully saturated rings. The number of aryl methyl sites for hydroxylation is 1. The number of rotatable bonds is 10. The first-order valence-electron chi connectivity index (χ1n) is 10.5. The molecule has 36 heavy (non-hydrogen) atoms. The Kier molecular flexibility index (Phi) is 7.68. The van der Waals surface area contributed by atoms with Crippen LogP contribution in [0.5, 0.6) is 11.6 Å². The third-order valence-electron chi connectivity index (χ3n) is 4.83. The molecule has 10 nitrogen and oxygen atoms in total. The van der Waals surface area contributed by atoms with E-state index >= 15 is 0 Å². The topological polar surface area (TPSA) is 126 Å². The van der Waals surface area contributed by atoms with Crippen molar-refractivity contribution in [1.29, 1.82) is 0 Å². The molecule has 0 aliphatic carbocycles. The Morgan fingerprint density at radius 3 is 2.64 bits per heavy atom. The highest BCUT2D eigenvalue weighted by Gasteiger charge is 2.18. The minimum absolute atomic E-state index is 0.0933. The van der Waals surface area contributed by atoms with E-state index in [4.69, 9.17) is 22.1 Å². The van der Waals surface area contributed by atoms with Crippen molar-refractivity contribution in [3.8, 4) is 34.3 Å². The molecule has 0 saturated carbocycles. The molecule has 0 spiro atoms. The Balaban J connectivity index is 1.42. The lowest BCUT2D eigenvalue weighted by Gasteiger charge is -2.15. The van der Waals surface area contributed by atoms with Crippen molar-refractivity contribution in [2.75, 3.05) is 24.2 Å². The summed E-state index contributed by atoms with van der Waals surface area (Å²) in [5, 5.41) is 7.26.